The highest BCUT2D eigenvalue weighted by atomic mass is 16.6. The van der Waals surface area contributed by atoms with Crippen LogP contribution in [0, 0.1) is 5.92 Å². The van der Waals surface area contributed by atoms with Crippen LogP contribution in [0.4, 0.5) is 9.59 Å². The predicted molar refractivity (Wildman–Crippen MR) is 161 cm³/mol. The van der Waals surface area contributed by atoms with Gasteiger partial charge in [0, 0.05) is 12.5 Å². The number of ether oxygens (including phenoxy) is 2. The Bertz CT molecular complexity index is 1270. The number of fused-ring (bicyclic) bond motifs is 3. The molecule has 0 saturated carbocycles. The van der Waals surface area contributed by atoms with Gasteiger partial charge in [0.1, 0.15) is 12.2 Å². The molecule has 0 heterocycles. The molecule has 0 aromatic heterocycles. The van der Waals surface area contributed by atoms with Gasteiger partial charge in [-0.05, 0) is 60.9 Å². The summed E-state index contributed by atoms with van der Waals surface area (Å²) in [6.07, 6.45) is -1.78. The number of carbonyl (C=O) groups excluding carboxylic acids is 2. The molecule has 4 rings (SSSR count). The molecule has 0 aliphatic heterocycles. The number of nitrogens with one attached hydrogen (secondary N) is 1. The summed E-state index contributed by atoms with van der Waals surface area (Å²) in [5.41, 5.74) is 4.87. The Hall–Kier alpha value is -3.84. The second kappa shape index (κ2) is 13.2. The summed E-state index contributed by atoms with van der Waals surface area (Å²) >= 11 is 0. The average Bonchev–Trinajstić information content (AvgIpc) is 3.24. The summed E-state index contributed by atoms with van der Waals surface area (Å²) in [5.74, 6) is 0.0888. The number of rotatable bonds is 10. The number of carbonyl (C=O) groups is 2. The summed E-state index contributed by atoms with van der Waals surface area (Å²) < 4.78 is 11.4. The molecule has 1 aliphatic rings. The second-order valence-corrected chi connectivity index (χ2v) is 12.1. The average molecular weight is 559 g/mol. The highest BCUT2D eigenvalue weighted by Crippen LogP contribution is 2.44. The van der Waals surface area contributed by atoms with Gasteiger partial charge in [-0.3, -0.25) is 0 Å². The number of amides is 2. The lowest BCUT2D eigenvalue weighted by molar-refractivity contribution is 0.0329. The molecule has 0 spiro atoms. The van der Waals surface area contributed by atoms with E-state index in [1.807, 2.05) is 68.4 Å². The third kappa shape index (κ3) is 8.10. The van der Waals surface area contributed by atoms with E-state index in [4.69, 9.17) is 9.47 Å². The van der Waals surface area contributed by atoms with Crippen molar-refractivity contribution in [2.24, 2.45) is 5.92 Å². The first kappa shape index (κ1) is 30.1. The maximum atomic E-state index is 13.5. The fourth-order valence-corrected chi connectivity index (χ4v) is 5.31. The molecule has 1 aliphatic carbocycles. The van der Waals surface area contributed by atoms with Crippen molar-refractivity contribution < 1.29 is 24.2 Å². The second-order valence-electron chi connectivity index (χ2n) is 12.1. The number of nitrogens with zero attached hydrogens (tertiary/aromatic N) is 1. The Balaban J connectivity index is 1.48. The van der Waals surface area contributed by atoms with Crippen molar-refractivity contribution in [3.63, 3.8) is 0 Å². The van der Waals surface area contributed by atoms with Crippen LogP contribution in [0.5, 0.6) is 0 Å². The largest absolute Gasteiger partial charge is 0.448 e. The zero-order valence-electron chi connectivity index (χ0n) is 24.7. The molecule has 2 N–H and O–H groups in total. The molecule has 0 bridgehead atoms. The number of alkyl carbamates (subject to hydrolysis) is 1. The minimum absolute atomic E-state index is 0.00213. The Labute approximate surface area is 243 Å². The van der Waals surface area contributed by atoms with E-state index in [1.165, 1.54) is 4.90 Å². The first-order valence-corrected chi connectivity index (χ1v) is 14.3. The Morgan fingerprint density at radius 2 is 1.44 bits per heavy atom. The molecule has 7 nitrogen and oxygen atoms in total. The predicted octanol–water partition coefficient (Wildman–Crippen LogP) is 6.39. The number of aliphatic hydroxyl groups is 1. The summed E-state index contributed by atoms with van der Waals surface area (Å²) in [7, 11) is 0. The normalized spacial score (nSPS) is 14.1. The van der Waals surface area contributed by atoms with Crippen molar-refractivity contribution in [1.82, 2.24) is 10.2 Å². The standard InChI is InChI=1S/C34H42N2O5/c1-23(2)20-36(21-31(37)30(19-24-13-7-6-8-14-24)35-32(38)41-34(3,4)5)33(39)40-22-29-27-17-11-9-15-25(27)26-16-10-12-18-28(26)29/h6-18,23,29-31,37H,19-22H2,1-5H3,(H,35,38)/t30-,31+/m0/s1. The summed E-state index contributed by atoms with van der Waals surface area (Å²) in [6.45, 7) is 9.98. The zero-order valence-corrected chi connectivity index (χ0v) is 24.7. The van der Waals surface area contributed by atoms with Gasteiger partial charge < -0.3 is 24.8 Å². The van der Waals surface area contributed by atoms with Crippen molar-refractivity contribution in [2.75, 3.05) is 19.7 Å². The summed E-state index contributed by atoms with van der Waals surface area (Å²) in [4.78, 5) is 27.7. The van der Waals surface area contributed by atoms with E-state index in [-0.39, 0.29) is 25.0 Å². The summed E-state index contributed by atoms with van der Waals surface area (Å²) in [5, 5.41) is 14.2. The number of aliphatic hydroxyl groups excluding tert-OH is 1. The zero-order chi connectivity index (χ0) is 29.6. The molecule has 218 valence electrons. The van der Waals surface area contributed by atoms with Crippen LogP contribution in [0.2, 0.25) is 0 Å². The van der Waals surface area contributed by atoms with Crippen LogP contribution in [0.3, 0.4) is 0 Å². The first-order valence-electron chi connectivity index (χ1n) is 14.3. The lowest BCUT2D eigenvalue weighted by atomic mass is 9.98. The van der Waals surface area contributed by atoms with Gasteiger partial charge in [-0.15, -0.1) is 0 Å². The van der Waals surface area contributed by atoms with E-state index in [0.29, 0.717) is 13.0 Å². The molecule has 0 unspecified atom stereocenters. The molecule has 41 heavy (non-hydrogen) atoms. The van der Waals surface area contributed by atoms with Crippen molar-refractivity contribution in [2.45, 2.75) is 64.7 Å². The highest BCUT2D eigenvalue weighted by Gasteiger charge is 2.32. The van der Waals surface area contributed by atoms with Crippen molar-refractivity contribution in [1.29, 1.82) is 0 Å². The van der Waals surface area contributed by atoms with Gasteiger partial charge >= 0.3 is 12.2 Å². The SMILES string of the molecule is CC(C)CN(C[C@@H](O)[C@H](Cc1ccccc1)NC(=O)OC(C)(C)C)C(=O)OCC1c2ccccc2-c2ccccc21. The lowest BCUT2D eigenvalue weighted by Crippen LogP contribution is -2.52. The van der Waals surface area contributed by atoms with E-state index >= 15 is 0 Å². The quantitative estimate of drug-likeness (QED) is 0.301. The maximum absolute atomic E-state index is 13.5. The van der Waals surface area contributed by atoms with Crippen LogP contribution in [-0.4, -0.2) is 59.6 Å². The van der Waals surface area contributed by atoms with E-state index in [2.05, 4.69) is 29.6 Å². The molecule has 7 heteroatoms. The molecule has 0 radical (unpaired) electrons. The lowest BCUT2D eigenvalue weighted by Gasteiger charge is -2.31. The fourth-order valence-electron chi connectivity index (χ4n) is 5.31. The van der Waals surface area contributed by atoms with Gasteiger partial charge in [0.05, 0.1) is 18.7 Å². The van der Waals surface area contributed by atoms with Gasteiger partial charge in [0.15, 0.2) is 0 Å². The molecule has 2 atom stereocenters. The van der Waals surface area contributed by atoms with Gasteiger partial charge in [0.25, 0.3) is 0 Å². The van der Waals surface area contributed by atoms with E-state index in [0.717, 1.165) is 27.8 Å². The van der Waals surface area contributed by atoms with E-state index in [9.17, 15) is 14.7 Å². The Morgan fingerprint density at radius 3 is 2.00 bits per heavy atom. The third-order valence-electron chi connectivity index (χ3n) is 7.05. The van der Waals surface area contributed by atoms with Crippen LogP contribution >= 0.6 is 0 Å². The van der Waals surface area contributed by atoms with Crippen LogP contribution < -0.4 is 5.32 Å². The van der Waals surface area contributed by atoms with Crippen molar-refractivity contribution in [3.05, 3.63) is 95.6 Å². The van der Waals surface area contributed by atoms with Crippen LogP contribution in [-0.2, 0) is 15.9 Å². The van der Waals surface area contributed by atoms with Crippen LogP contribution in [0.25, 0.3) is 11.1 Å². The minimum atomic E-state index is -1.05. The van der Waals surface area contributed by atoms with Crippen molar-refractivity contribution >= 4 is 12.2 Å². The topological polar surface area (TPSA) is 88.1 Å². The molecule has 0 fully saturated rings. The Morgan fingerprint density at radius 1 is 0.878 bits per heavy atom. The number of benzene rings is 3. The van der Waals surface area contributed by atoms with Crippen LogP contribution in [0.15, 0.2) is 78.9 Å². The van der Waals surface area contributed by atoms with Gasteiger partial charge in [-0.1, -0.05) is 92.7 Å². The smallest absolute Gasteiger partial charge is 0.409 e. The van der Waals surface area contributed by atoms with Crippen LogP contribution in [0.1, 0.15) is 57.2 Å². The highest BCUT2D eigenvalue weighted by molar-refractivity contribution is 5.79. The third-order valence-corrected chi connectivity index (χ3v) is 7.05. The van der Waals surface area contributed by atoms with Gasteiger partial charge in [-0.25, -0.2) is 9.59 Å². The number of hydrogen-bond acceptors (Lipinski definition) is 5. The Kier molecular flexibility index (Phi) is 9.71. The summed E-state index contributed by atoms with van der Waals surface area (Å²) in [6, 6.07) is 25.4. The first-order chi connectivity index (χ1) is 19.5. The molecule has 0 saturated heterocycles. The minimum Gasteiger partial charge on any atom is -0.448 e. The molecule has 2 amide bonds. The van der Waals surface area contributed by atoms with E-state index < -0.39 is 29.9 Å². The fraction of sp³-hybridized carbons (Fsp3) is 0.412. The molecular weight excluding hydrogens is 516 g/mol. The van der Waals surface area contributed by atoms with Crippen molar-refractivity contribution in [3.8, 4) is 11.1 Å². The van der Waals surface area contributed by atoms with Gasteiger partial charge in [0.2, 0.25) is 0 Å². The van der Waals surface area contributed by atoms with E-state index in [1.54, 1.807) is 20.8 Å². The molecule has 3 aromatic rings. The van der Waals surface area contributed by atoms with Gasteiger partial charge in [-0.2, -0.15) is 0 Å². The molecule has 3 aromatic carbocycles. The number of hydrogen-bond donors (Lipinski definition) is 2. The molecular formula is C34H42N2O5. The monoisotopic (exact) mass is 558 g/mol. The maximum Gasteiger partial charge on any atom is 0.409 e.